The summed E-state index contributed by atoms with van der Waals surface area (Å²) in [6, 6.07) is 11.2. The lowest BCUT2D eigenvalue weighted by Crippen LogP contribution is -1.94. The van der Waals surface area contributed by atoms with E-state index in [1.165, 1.54) is 24.8 Å². The summed E-state index contributed by atoms with van der Waals surface area (Å²) in [6.07, 6.45) is 7.39. The van der Waals surface area contributed by atoms with Crippen molar-refractivity contribution in [3.63, 3.8) is 0 Å². The molecule has 0 atom stereocenters. The molecule has 2 aromatic rings. The Morgan fingerprint density at radius 2 is 2.00 bits per heavy atom. The average Bonchev–Trinajstić information content (AvgIpc) is 2.91. The van der Waals surface area contributed by atoms with E-state index in [9.17, 15) is 4.79 Å². The maximum atomic E-state index is 11.3. The molecule has 18 heavy (non-hydrogen) atoms. The van der Waals surface area contributed by atoms with E-state index in [2.05, 4.69) is 9.99 Å². The number of furan rings is 1. The molecule has 1 aromatic heterocycles. The number of rotatable bonds is 4. The summed E-state index contributed by atoms with van der Waals surface area (Å²) in [7, 11) is 0. The third kappa shape index (κ3) is 3.75. The fourth-order valence-electron chi connectivity index (χ4n) is 1.25. The molecule has 0 amide bonds. The van der Waals surface area contributed by atoms with Crippen LogP contribution < -0.4 is 0 Å². The number of carbonyl (C=O) groups is 1. The molecule has 0 aliphatic rings. The van der Waals surface area contributed by atoms with Gasteiger partial charge in [0.2, 0.25) is 0 Å². The molecule has 0 N–H and O–H groups in total. The second kappa shape index (κ2) is 6.20. The zero-order chi connectivity index (χ0) is 12.6. The van der Waals surface area contributed by atoms with E-state index in [0.717, 1.165) is 11.1 Å². The minimum absolute atomic E-state index is 0.529. The van der Waals surface area contributed by atoms with E-state index in [4.69, 9.17) is 4.42 Å². The first-order chi connectivity index (χ1) is 8.84. The van der Waals surface area contributed by atoms with Gasteiger partial charge < -0.3 is 9.25 Å². The second-order valence-corrected chi connectivity index (χ2v) is 3.45. The van der Waals surface area contributed by atoms with Crippen LogP contribution in [0.2, 0.25) is 0 Å². The van der Waals surface area contributed by atoms with Gasteiger partial charge >= 0.3 is 5.97 Å². The number of nitrogens with zero attached hydrogens (tertiary/aromatic N) is 1. The lowest BCUT2D eigenvalue weighted by Gasteiger charge is -1.91. The minimum Gasteiger partial charge on any atom is -0.472 e. The van der Waals surface area contributed by atoms with Crippen molar-refractivity contribution in [1.29, 1.82) is 0 Å². The number of hydrogen-bond acceptors (Lipinski definition) is 4. The van der Waals surface area contributed by atoms with E-state index in [1.54, 1.807) is 12.1 Å². The van der Waals surface area contributed by atoms with Gasteiger partial charge in [0, 0.05) is 11.6 Å². The van der Waals surface area contributed by atoms with E-state index in [0.29, 0.717) is 0 Å². The number of carbonyl (C=O) groups excluding carboxylic acids is 1. The van der Waals surface area contributed by atoms with Crippen LogP contribution in [-0.2, 0) is 9.63 Å². The molecule has 1 heterocycles. The van der Waals surface area contributed by atoms with Crippen molar-refractivity contribution in [3.05, 3.63) is 66.1 Å². The molecule has 0 unspecified atom stereocenters. The molecule has 0 saturated carbocycles. The quantitative estimate of drug-likeness (QED) is 0.358. The van der Waals surface area contributed by atoms with Crippen LogP contribution in [-0.4, -0.2) is 12.2 Å². The Morgan fingerprint density at radius 3 is 2.72 bits per heavy atom. The Balaban J connectivity index is 1.84. The van der Waals surface area contributed by atoms with Crippen molar-refractivity contribution in [2.75, 3.05) is 0 Å². The summed E-state index contributed by atoms with van der Waals surface area (Å²) in [5, 5.41) is 3.54. The van der Waals surface area contributed by atoms with Crippen molar-refractivity contribution < 1.29 is 14.0 Å². The van der Waals surface area contributed by atoms with E-state index < -0.39 is 5.97 Å². The molecule has 4 heteroatoms. The fraction of sp³-hybridized carbons (Fsp3) is 0. The Bertz CT molecular complexity index is 542. The molecule has 0 radical (unpaired) electrons. The zero-order valence-electron chi connectivity index (χ0n) is 9.52. The lowest BCUT2D eigenvalue weighted by atomic mass is 10.2. The minimum atomic E-state index is -0.529. The zero-order valence-corrected chi connectivity index (χ0v) is 9.52. The van der Waals surface area contributed by atoms with Gasteiger partial charge in [-0.05, 0) is 17.7 Å². The summed E-state index contributed by atoms with van der Waals surface area (Å²) < 4.78 is 4.83. The van der Waals surface area contributed by atoms with Crippen molar-refractivity contribution >= 4 is 18.3 Å². The molecular formula is C14H11NO3. The van der Waals surface area contributed by atoms with Gasteiger partial charge in [0.25, 0.3) is 0 Å². The molecule has 0 aliphatic carbocycles. The summed E-state index contributed by atoms with van der Waals surface area (Å²) in [4.78, 5) is 15.9. The second-order valence-electron chi connectivity index (χ2n) is 3.45. The first-order valence-corrected chi connectivity index (χ1v) is 5.34. The standard InChI is InChI=1S/C14H11NO3/c16-14(7-6-12-4-2-1-3-5-12)18-15-10-13-8-9-17-11-13/h1-11H. The largest absolute Gasteiger partial charge is 0.472 e. The van der Waals surface area contributed by atoms with Crippen molar-refractivity contribution in [1.82, 2.24) is 0 Å². The maximum Gasteiger partial charge on any atom is 0.358 e. The highest BCUT2D eigenvalue weighted by molar-refractivity contribution is 5.87. The average molecular weight is 241 g/mol. The van der Waals surface area contributed by atoms with Crippen LogP contribution in [0.4, 0.5) is 0 Å². The number of benzene rings is 1. The van der Waals surface area contributed by atoms with Gasteiger partial charge in [-0.15, -0.1) is 0 Å². The lowest BCUT2D eigenvalue weighted by molar-refractivity contribution is -0.137. The van der Waals surface area contributed by atoms with Crippen LogP contribution in [0.15, 0.2) is 64.6 Å². The summed E-state index contributed by atoms with van der Waals surface area (Å²) >= 11 is 0. The predicted molar refractivity (Wildman–Crippen MR) is 67.9 cm³/mol. The van der Waals surface area contributed by atoms with Crippen LogP contribution in [0.3, 0.4) is 0 Å². The van der Waals surface area contributed by atoms with Gasteiger partial charge in [-0.2, -0.15) is 0 Å². The van der Waals surface area contributed by atoms with E-state index >= 15 is 0 Å². The Kier molecular flexibility index (Phi) is 4.08. The van der Waals surface area contributed by atoms with Crippen LogP contribution in [0, 0.1) is 0 Å². The van der Waals surface area contributed by atoms with Crippen LogP contribution in [0.1, 0.15) is 11.1 Å². The summed E-state index contributed by atoms with van der Waals surface area (Å²) in [5.41, 5.74) is 1.66. The first-order valence-electron chi connectivity index (χ1n) is 5.34. The third-order valence-corrected chi connectivity index (χ3v) is 2.10. The van der Waals surface area contributed by atoms with Gasteiger partial charge in [0.15, 0.2) is 0 Å². The summed E-state index contributed by atoms with van der Waals surface area (Å²) in [6.45, 7) is 0. The molecule has 0 bridgehead atoms. The molecule has 0 spiro atoms. The number of oxime groups is 1. The molecule has 4 nitrogen and oxygen atoms in total. The van der Waals surface area contributed by atoms with Crippen LogP contribution >= 0.6 is 0 Å². The molecule has 0 aliphatic heterocycles. The topological polar surface area (TPSA) is 51.8 Å². The Labute approximate surface area is 104 Å². The fourth-order valence-corrected chi connectivity index (χ4v) is 1.25. The Hall–Kier alpha value is -2.62. The van der Waals surface area contributed by atoms with Crippen molar-refractivity contribution in [2.45, 2.75) is 0 Å². The van der Waals surface area contributed by atoms with Crippen LogP contribution in [0.25, 0.3) is 6.08 Å². The van der Waals surface area contributed by atoms with E-state index in [1.807, 2.05) is 30.3 Å². The molecule has 1 aromatic carbocycles. The normalized spacial score (nSPS) is 11.1. The SMILES string of the molecule is O=C(C=Cc1ccccc1)ON=Cc1ccoc1. The smallest absolute Gasteiger partial charge is 0.358 e. The molecular weight excluding hydrogens is 230 g/mol. The van der Waals surface area contributed by atoms with Gasteiger partial charge in [-0.25, -0.2) is 4.79 Å². The highest BCUT2D eigenvalue weighted by Crippen LogP contribution is 2.01. The van der Waals surface area contributed by atoms with Gasteiger partial charge in [-0.3, -0.25) is 0 Å². The predicted octanol–water partition coefficient (Wildman–Crippen LogP) is 2.87. The number of hydrogen-bond donors (Lipinski definition) is 0. The highest BCUT2D eigenvalue weighted by atomic mass is 16.7. The summed E-state index contributed by atoms with van der Waals surface area (Å²) in [5.74, 6) is -0.529. The van der Waals surface area contributed by atoms with Gasteiger partial charge in [0.1, 0.15) is 0 Å². The van der Waals surface area contributed by atoms with E-state index in [-0.39, 0.29) is 0 Å². The van der Waals surface area contributed by atoms with Gasteiger partial charge in [-0.1, -0.05) is 35.5 Å². The van der Waals surface area contributed by atoms with Crippen molar-refractivity contribution in [3.8, 4) is 0 Å². The highest BCUT2D eigenvalue weighted by Gasteiger charge is 1.95. The molecule has 0 fully saturated rings. The third-order valence-electron chi connectivity index (χ3n) is 2.10. The van der Waals surface area contributed by atoms with Crippen LogP contribution in [0.5, 0.6) is 0 Å². The molecule has 90 valence electrons. The molecule has 0 saturated heterocycles. The Morgan fingerprint density at radius 1 is 1.17 bits per heavy atom. The van der Waals surface area contributed by atoms with Gasteiger partial charge in [0.05, 0.1) is 18.7 Å². The first kappa shape index (κ1) is 11.9. The maximum absolute atomic E-state index is 11.3. The van der Waals surface area contributed by atoms with Crippen molar-refractivity contribution in [2.24, 2.45) is 5.16 Å². The monoisotopic (exact) mass is 241 g/mol. The molecule has 2 rings (SSSR count).